The predicted molar refractivity (Wildman–Crippen MR) is 73.0 cm³/mol. The molecule has 0 bridgehead atoms. The lowest BCUT2D eigenvalue weighted by molar-refractivity contribution is -0.142. The predicted octanol–water partition coefficient (Wildman–Crippen LogP) is 3.07. The molecule has 0 spiro atoms. The Kier molecular flexibility index (Phi) is 3.90. The fraction of sp³-hybridized carbons (Fsp3) is 0.533. The van der Waals surface area contributed by atoms with Gasteiger partial charge in [0, 0.05) is 18.8 Å². The molecule has 0 amide bonds. The summed E-state index contributed by atoms with van der Waals surface area (Å²) in [4.78, 5) is 13.2. The minimum Gasteiger partial charge on any atom is -0.481 e. The summed E-state index contributed by atoms with van der Waals surface area (Å²) < 4.78 is 0. The van der Waals surface area contributed by atoms with Crippen LogP contribution >= 0.6 is 0 Å². The van der Waals surface area contributed by atoms with Crippen LogP contribution in [-0.2, 0) is 4.79 Å². The molecule has 98 valence electrons. The topological polar surface area (TPSA) is 40.5 Å². The number of carboxylic acids is 1. The molecule has 0 saturated heterocycles. The van der Waals surface area contributed by atoms with E-state index in [0.717, 1.165) is 25.7 Å². The van der Waals surface area contributed by atoms with Crippen molar-refractivity contribution in [3.63, 3.8) is 0 Å². The molecule has 0 aliphatic heterocycles. The van der Waals surface area contributed by atoms with Crippen LogP contribution in [0.3, 0.4) is 0 Å². The fourth-order valence-electron chi connectivity index (χ4n) is 2.70. The number of anilines is 1. The van der Waals surface area contributed by atoms with Crippen molar-refractivity contribution >= 4 is 11.7 Å². The Bertz CT molecular complexity index is 405. The molecule has 1 aliphatic rings. The molecule has 0 heterocycles. The normalized spacial score (nSPS) is 23.7. The first-order chi connectivity index (χ1) is 8.58. The summed E-state index contributed by atoms with van der Waals surface area (Å²) in [6, 6.07) is 8.99. The minimum atomic E-state index is -0.633. The number of rotatable bonds is 3. The third kappa shape index (κ3) is 2.84. The molecular weight excluding hydrogens is 226 g/mol. The van der Waals surface area contributed by atoms with Gasteiger partial charge in [-0.1, -0.05) is 17.7 Å². The van der Waals surface area contributed by atoms with Crippen LogP contribution in [-0.4, -0.2) is 24.2 Å². The highest BCUT2D eigenvalue weighted by Gasteiger charge is 2.27. The molecule has 0 radical (unpaired) electrons. The summed E-state index contributed by atoms with van der Waals surface area (Å²) in [6.45, 7) is 2.09. The van der Waals surface area contributed by atoms with Gasteiger partial charge >= 0.3 is 5.97 Å². The summed E-state index contributed by atoms with van der Waals surface area (Å²) in [5.41, 5.74) is 2.49. The van der Waals surface area contributed by atoms with E-state index in [2.05, 4.69) is 43.1 Å². The van der Waals surface area contributed by atoms with E-state index in [1.54, 1.807) is 0 Å². The molecular formula is C15H21NO2. The first kappa shape index (κ1) is 12.9. The number of carbonyl (C=O) groups is 1. The lowest BCUT2D eigenvalue weighted by Crippen LogP contribution is -2.36. The number of hydrogen-bond donors (Lipinski definition) is 1. The molecule has 0 aromatic heterocycles. The zero-order valence-corrected chi connectivity index (χ0v) is 11.1. The van der Waals surface area contributed by atoms with Crippen molar-refractivity contribution in [2.45, 2.75) is 38.6 Å². The molecule has 2 rings (SSSR count). The molecule has 1 aromatic carbocycles. The highest BCUT2D eigenvalue weighted by Crippen LogP contribution is 2.29. The van der Waals surface area contributed by atoms with Crippen LogP contribution in [0.5, 0.6) is 0 Å². The van der Waals surface area contributed by atoms with Gasteiger partial charge in [-0.25, -0.2) is 0 Å². The summed E-state index contributed by atoms with van der Waals surface area (Å²) in [6.07, 6.45) is 3.55. The minimum absolute atomic E-state index is 0.132. The van der Waals surface area contributed by atoms with Crippen molar-refractivity contribution in [1.29, 1.82) is 0 Å². The van der Waals surface area contributed by atoms with Crippen LogP contribution in [0.1, 0.15) is 31.2 Å². The van der Waals surface area contributed by atoms with Gasteiger partial charge in [-0.15, -0.1) is 0 Å². The van der Waals surface area contributed by atoms with Crippen molar-refractivity contribution in [3.05, 3.63) is 29.8 Å². The SMILES string of the molecule is Cc1ccc(N(C)C2CCC(C(=O)O)CC2)cc1. The maximum atomic E-state index is 10.9. The molecule has 3 nitrogen and oxygen atoms in total. The van der Waals surface area contributed by atoms with E-state index in [1.165, 1.54) is 11.3 Å². The second kappa shape index (κ2) is 5.42. The van der Waals surface area contributed by atoms with Gasteiger partial charge in [-0.2, -0.15) is 0 Å². The number of benzene rings is 1. The van der Waals surface area contributed by atoms with Crippen molar-refractivity contribution in [3.8, 4) is 0 Å². The van der Waals surface area contributed by atoms with Gasteiger partial charge in [-0.3, -0.25) is 4.79 Å². The third-order valence-electron chi connectivity index (χ3n) is 4.03. The van der Waals surface area contributed by atoms with Gasteiger partial charge in [0.25, 0.3) is 0 Å². The Hall–Kier alpha value is -1.51. The van der Waals surface area contributed by atoms with Gasteiger partial charge in [0.2, 0.25) is 0 Å². The Labute approximate surface area is 108 Å². The van der Waals surface area contributed by atoms with E-state index < -0.39 is 5.97 Å². The summed E-state index contributed by atoms with van der Waals surface area (Å²) in [5.74, 6) is -0.765. The summed E-state index contributed by atoms with van der Waals surface area (Å²) in [7, 11) is 2.11. The number of aliphatic carboxylic acids is 1. The lowest BCUT2D eigenvalue weighted by Gasteiger charge is -2.35. The second-order valence-corrected chi connectivity index (χ2v) is 5.29. The molecule has 1 fully saturated rings. The lowest BCUT2D eigenvalue weighted by atomic mass is 9.85. The molecule has 0 atom stereocenters. The largest absolute Gasteiger partial charge is 0.481 e. The van der Waals surface area contributed by atoms with Gasteiger partial charge in [-0.05, 0) is 44.7 Å². The standard InChI is InChI=1S/C15H21NO2/c1-11-3-7-13(8-4-11)16(2)14-9-5-12(6-10-14)15(17)18/h3-4,7-8,12,14H,5-6,9-10H2,1-2H3,(H,17,18). The van der Waals surface area contributed by atoms with E-state index >= 15 is 0 Å². The van der Waals surface area contributed by atoms with Crippen molar-refractivity contribution in [2.24, 2.45) is 5.92 Å². The van der Waals surface area contributed by atoms with Gasteiger partial charge in [0.15, 0.2) is 0 Å². The molecule has 18 heavy (non-hydrogen) atoms. The van der Waals surface area contributed by atoms with Crippen LogP contribution in [0.4, 0.5) is 5.69 Å². The van der Waals surface area contributed by atoms with Gasteiger partial charge in [0.05, 0.1) is 5.92 Å². The summed E-state index contributed by atoms with van der Waals surface area (Å²) >= 11 is 0. The molecule has 0 unspecified atom stereocenters. The average molecular weight is 247 g/mol. The van der Waals surface area contributed by atoms with E-state index in [4.69, 9.17) is 5.11 Å². The molecule has 1 saturated carbocycles. The maximum absolute atomic E-state index is 10.9. The number of nitrogens with zero attached hydrogens (tertiary/aromatic N) is 1. The van der Waals surface area contributed by atoms with Gasteiger partial charge in [0.1, 0.15) is 0 Å². The first-order valence-electron chi connectivity index (χ1n) is 6.60. The zero-order valence-electron chi connectivity index (χ0n) is 11.1. The molecule has 1 aliphatic carbocycles. The quantitative estimate of drug-likeness (QED) is 0.892. The number of aryl methyl sites for hydroxylation is 1. The maximum Gasteiger partial charge on any atom is 0.306 e. The third-order valence-corrected chi connectivity index (χ3v) is 4.03. The van der Waals surface area contributed by atoms with Crippen molar-refractivity contribution in [1.82, 2.24) is 0 Å². The fourth-order valence-corrected chi connectivity index (χ4v) is 2.70. The van der Waals surface area contributed by atoms with E-state index in [1.807, 2.05) is 0 Å². The van der Waals surface area contributed by atoms with Crippen molar-refractivity contribution in [2.75, 3.05) is 11.9 Å². The zero-order chi connectivity index (χ0) is 13.1. The van der Waals surface area contributed by atoms with Crippen LogP contribution in [0.25, 0.3) is 0 Å². The monoisotopic (exact) mass is 247 g/mol. The van der Waals surface area contributed by atoms with Gasteiger partial charge < -0.3 is 10.0 Å². The Morgan fingerprint density at radius 1 is 1.17 bits per heavy atom. The van der Waals surface area contributed by atoms with Crippen LogP contribution in [0.15, 0.2) is 24.3 Å². The first-order valence-corrected chi connectivity index (χ1v) is 6.60. The Morgan fingerprint density at radius 2 is 1.72 bits per heavy atom. The van der Waals surface area contributed by atoms with Crippen molar-refractivity contribution < 1.29 is 9.90 Å². The van der Waals surface area contributed by atoms with Crippen LogP contribution in [0, 0.1) is 12.8 Å². The van der Waals surface area contributed by atoms with E-state index in [0.29, 0.717) is 6.04 Å². The Balaban J connectivity index is 1.97. The molecule has 3 heteroatoms. The average Bonchev–Trinajstić information content (AvgIpc) is 2.39. The smallest absolute Gasteiger partial charge is 0.306 e. The van der Waals surface area contributed by atoms with Crippen LogP contribution in [0.2, 0.25) is 0 Å². The number of hydrogen-bond acceptors (Lipinski definition) is 2. The number of carboxylic acid groups (broad SMARTS) is 1. The second-order valence-electron chi connectivity index (χ2n) is 5.29. The van der Waals surface area contributed by atoms with E-state index in [-0.39, 0.29) is 5.92 Å². The van der Waals surface area contributed by atoms with Crippen LogP contribution < -0.4 is 4.90 Å². The highest BCUT2D eigenvalue weighted by molar-refractivity contribution is 5.70. The van der Waals surface area contributed by atoms with E-state index in [9.17, 15) is 4.79 Å². The highest BCUT2D eigenvalue weighted by atomic mass is 16.4. The summed E-state index contributed by atoms with van der Waals surface area (Å²) in [5, 5.41) is 9.00. The Morgan fingerprint density at radius 3 is 2.22 bits per heavy atom. The molecule has 1 aromatic rings. The molecule has 1 N–H and O–H groups in total.